The molecule has 0 aliphatic heterocycles. The molecule has 1 N–H and O–H groups in total. The zero-order chi connectivity index (χ0) is 28.7. The molecule has 236 valence electrons. The minimum atomic E-state index is -3.93. The lowest BCUT2D eigenvalue weighted by Gasteiger charge is -2.22. The number of hydrogen-bond acceptors (Lipinski definition) is 4. The molecule has 0 bridgehead atoms. The van der Waals surface area contributed by atoms with E-state index in [1.807, 2.05) is 0 Å². The van der Waals surface area contributed by atoms with Gasteiger partial charge in [-0.2, -0.15) is 0 Å². The van der Waals surface area contributed by atoms with Crippen molar-refractivity contribution in [1.82, 2.24) is 4.90 Å². The van der Waals surface area contributed by atoms with Gasteiger partial charge in [0, 0.05) is 6.54 Å². The second kappa shape index (κ2) is 31.0. The fourth-order valence-corrected chi connectivity index (χ4v) is 5.99. The lowest BCUT2D eigenvalue weighted by atomic mass is 10.1. The van der Waals surface area contributed by atoms with E-state index in [-0.39, 0.29) is 6.61 Å². The Labute approximate surface area is 245 Å². The summed E-state index contributed by atoms with van der Waals surface area (Å²) in [6.45, 7) is 10.6. The summed E-state index contributed by atoms with van der Waals surface area (Å²) < 4.78 is 22.7. The molecule has 0 aromatic carbocycles. The van der Waals surface area contributed by atoms with Gasteiger partial charge in [0.2, 0.25) is 0 Å². The summed E-state index contributed by atoms with van der Waals surface area (Å²) in [6, 6.07) is 0. The van der Waals surface area contributed by atoms with Crippen molar-refractivity contribution < 1.29 is 18.5 Å². The lowest BCUT2D eigenvalue weighted by Crippen LogP contribution is -2.28. The third kappa shape index (κ3) is 30.8. The number of nitrogens with zero attached hydrogens (tertiary/aromatic N) is 1. The predicted molar refractivity (Wildman–Crippen MR) is 171 cm³/mol. The van der Waals surface area contributed by atoms with E-state index in [0.29, 0.717) is 6.61 Å². The Kier molecular flexibility index (Phi) is 31.1. The summed E-state index contributed by atoms with van der Waals surface area (Å²) >= 11 is 0. The quantitative estimate of drug-likeness (QED) is 0.0623. The van der Waals surface area contributed by atoms with Crippen LogP contribution in [0.3, 0.4) is 0 Å². The molecule has 0 amide bonds. The van der Waals surface area contributed by atoms with Crippen LogP contribution in [0.15, 0.2) is 0 Å². The molecule has 6 heteroatoms. The van der Waals surface area contributed by atoms with E-state index in [2.05, 4.69) is 25.7 Å². The number of hydrogen-bond donors (Lipinski definition) is 1. The maximum absolute atomic E-state index is 12.2. The van der Waals surface area contributed by atoms with Crippen molar-refractivity contribution >= 4 is 7.82 Å². The first-order chi connectivity index (χ1) is 19.1. The molecule has 0 heterocycles. The monoisotopic (exact) mass is 576 g/mol. The molecule has 1 atom stereocenters. The maximum atomic E-state index is 12.2. The largest absolute Gasteiger partial charge is 0.472 e. The van der Waals surface area contributed by atoms with Crippen molar-refractivity contribution in [3.63, 3.8) is 0 Å². The van der Waals surface area contributed by atoms with Crippen LogP contribution in [-0.2, 0) is 13.6 Å². The summed E-state index contributed by atoms with van der Waals surface area (Å²) in [4.78, 5) is 12.6. The highest BCUT2D eigenvalue weighted by Crippen LogP contribution is 2.43. The highest BCUT2D eigenvalue weighted by atomic mass is 31.2. The maximum Gasteiger partial charge on any atom is 0.472 e. The minimum Gasteiger partial charge on any atom is -0.303 e. The van der Waals surface area contributed by atoms with Gasteiger partial charge in [-0.1, -0.05) is 156 Å². The average Bonchev–Trinajstić information content (AvgIpc) is 2.92. The van der Waals surface area contributed by atoms with E-state index in [1.54, 1.807) is 0 Å². The first-order valence-electron chi connectivity index (χ1n) is 17.4. The van der Waals surface area contributed by atoms with Gasteiger partial charge in [-0.25, -0.2) is 4.57 Å². The second-order valence-corrected chi connectivity index (χ2v) is 13.2. The highest BCUT2D eigenvalue weighted by molar-refractivity contribution is 7.47. The van der Waals surface area contributed by atoms with Crippen LogP contribution in [0.5, 0.6) is 0 Å². The number of phosphoric ester groups is 1. The standard InChI is InChI=1S/C33H70NO4P/c1-4-7-10-13-16-19-22-25-29-34(30-26-23-20-17-14-11-8-5-2)31-28-33-38-39(35,36)37-32-27-24-21-18-15-12-9-6-3/h4-33H2,1-3H3,(H,35,36). The SMILES string of the molecule is CCCCCCCCCCOP(=O)(O)OCCCN(CCCCCCCCCC)CCCCCCCCCC. The van der Waals surface area contributed by atoms with E-state index in [4.69, 9.17) is 9.05 Å². The Hall–Kier alpha value is 0.0700. The van der Waals surface area contributed by atoms with E-state index in [1.165, 1.54) is 141 Å². The van der Waals surface area contributed by atoms with Crippen LogP contribution in [0.4, 0.5) is 0 Å². The number of rotatable bonds is 33. The molecule has 0 rings (SSSR count). The third-order valence-electron chi connectivity index (χ3n) is 7.78. The van der Waals surface area contributed by atoms with Gasteiger partial charge in [-0.15, -0.1) is 0 Å². The Morgan fingerprint density at radius 3 is 1.10 bits per heavy atom. The number of phosphoric acid groups is 1. The van der Waals surface area contributed by atoms with Crippen molar-refractivity contribution in [2.75, 3.05) is 32.8 Å². The molecule has 0 aliphatic rings. The van der Waals surface area contributed by atoms with Gasteiger partial charge in [-0.3, -0.25) is 9.05 Å². The molecule has 0 fully saturated rings. The summed E-state index contributed by atoms with van der Waals surface area (Å²) in [5, 5.41) is 0. The fourth-order valence-electron chi connectivity index (χ4n) is 5.20. The molecule has 5 nitrogen and oxygen atoms in total. The summed E-state index contributed by atoms with van der Waals surface area (Å²) in [7, 11) is -3.93. The lowest BCUT2D eigenvalue weighted by molar-refractivity contribution is 0.139. The van der Waals surface area contributed by atoms with Crippen molar-refractivity contribution in [1.29, 1.82) is 0 Å². The Morgan fingerprint density at radius 1 is 0.436 bits per heavy atom. The molecule has 0 spiro atoms. The van der Waals surface area contributed by atoms with Gasteiger partial charge in [0.15, 0.2) is 0 Å². The molecule has 0 saturated heterocycles. The molecule has 0 radical (unpaired) electrons. The van der Waals surface area contributed by atoms with Crippen molar-refractivity contribution in [3.8, 4) is 0 Å². The van der Waals surface area contributed by atoms with Gasteiger partial charge >= 0.3 is 7.82 Å². The second-order valence-electron chi connectivity index (χ2n) is 11.8. The first kappa shape index (κ1) is 39.1. The smallest absolute Gasteiger partial charge is 0.303 e. The normalized spacial score (nSPS) is 13.4. The van der Waals surface area contributed by atoms with Crippen LogP contribution in [-0.4, -0.2) is 42.6 Å². The molecule has 1 unspecified atom stereocenters. The van der Waals surface area contributed by atoms with Crippen LogP contribution in [0.25, 0.3) is 0 Å². The van der Waals surface area contributed by atoms with Gasteiger partial charge in [0.1, 0.15) is 0 Å². The zero-order valence-corrected chi connectivity index (χ0v) is 27.7. The molecular weight excluding hydrogens is 505 g/mol. The van der Waals surface area contributed by atoms with Crippen LogP contribution < -0.4 is 0 Å². The Balaban J connectivity index is 4.07. The zero-order valence-electron chi connectivity index (χ0n) is 26.8. The van der Waals surface area contributed by atoms with Crippen LogP contribution in [0.1, 0.15) is 181 Å². The fraction of sp³-hybridized carbons (Fsp3) is 1.00. The summed E-state index contributed by atoms with van der Waals surface area (Å²) in [5.41, 5.74) is 0. The van der Waals surface area contributed by atoms with E-state index >= 15 is 0 Å². The highest BCUT2D eigenvalue weighted by Gasteiger charge is 2.20. The molecule has 0 aromatic heterocycles. The molecular formula is C33H70NO4P. The van der Waals surface area contributed by atoms with E-state index < -0.39 is 7.82 Å². The Bertz CT molecular complexity index is 500. The van der Waals surface area contributed by atoms with Crippen LogP contribution in [0, 0.1) is 0 Å². The molecule has 0 aromatic rings. The van der Waals surface area contributed by atoms with Gasteiger partial charge in [0.25, 0.3) is 0 Å². The van der Waals surface area contributed by atoms with Crippen LogP contribution in [0.2, 0.25) is 0 Å². The summed E-state index contributed by atoms with van der Waals surface area (Å²) in [5.74, 6) is 0. The predicted octanol–water partition coefficient (Wildman–Crippen LogP) is 11.2. The first-order valence-corrected chi connectivity index (χ1v) is 18.9. The molecule has 0 aliphatic carbocycles. The van der Waals surface area contributed by atoms with Crippen molar-refractivity contribution in [2.24, 2.45) is 0 Å². The molecule has 39 heavy (non-hydrogen) atoms. The minimum absolute atomic E-state index is 0.288. The van der Waals surface area contributed by atoms with Gasteiger partial charge in [-0.05, 0) is 38.8 Å². The Morgan fingerprint density at radius 2 is 0.718 bits per heavy atom. The van der Waals surface area contributed by atoms with Crippen LogP contribution >= 0.6 is 7.82 Å². The number of unbranched alkanes of at least 4 members (excludes halogenated alkanes) is 21. The van der Waals surface area contributed by atoms with Crippen molar-refractivity contribution in [3.05, 3.63) is 0 Å². The average molecular weight is 576 g/mol. The van der Waals surface area contributed by atoms with Gasteiger partial charge < -0.3 is 9.79 Å². The summed E-state index contributed by atoms with van der Waals surface area (Å²) in [6.07, 6.45) is 31.8. The van der Waals surface area contributed by atoms with Gasteiger partial charge in [0.05, 0.1) is 13.2 Å². The van der Waals surface area contributed by atoms with Crippen molar-refractivity contribution in [2.45, 2.75) is 181 Å². The third-order valence-corrected chi connectivity index (χ3v) is 8.80. The van der Waals surface area contributed by atoms with E-state index in [0.717, 1.165) is 38.9 Å². The van der Waals surface area contributed by atoms with E-state index in [9.17, 15) is 9.46 Å². The topological polar surface area (TPSA) is 59.0 Å². The molecule has 0 saturated carbocycles.